The molecule has 0 N–H and O–H groups in total. The second kappa shape index (κ2) is 16.6. The highest BCUT2D eigenvalue weighted by atomic mass is 16.5. The van der Waals surface area contributed by atoms with Crippen LogP contribution in [0, 0.1) is 0 Å². The first kappa shape index (κ1) is 42.3. The van der Waals surface area contributed by atoms with Crippen molar-refractivity contribution in [3.63, 3.8) is 0 Å². The summed E-state index contributed by atoms with van der Waals surface area (Å²) in [7, 11) is 0. The van der Waals surface area contributed by atoms with Gasteiger partial charge < -0.3 is 14.1 Å². The van der Waals surface area contributed by atoms with E-state index in [-0.39, 0.29) is 12.1 Å². The van der Waals surface area contributed by atoms with Crippen molar-refractivity contribution in [2.45, 2.75) is 46.4 Å². The molecule has 12 rings (SSSR count). The molecule has 10 aromatic rings. The van der Waals surface area contributed by atoms with Crippen LogP contribution < -0.4 is 20.6 Å². The largest absolute Gasteiger partial charge is 0.457 e. The fourth-order valence-corrected chi connectivity index (χ4v) is 11.5. The van der Waals surface area contributed by atoms with E-state index in [1.54, 1.807) is 0 Å². The van der Waals surface area contributed by atoms with Crippen molar-refractivity contribution in [3.8, 4) is 44.9 Å². The zero-order valence-corrected chi connectivity index (χ0v) is 39.8. The Bertz CT molecular complexity index is 3780. The minimum Gasteiger partial charge on any atom is -0.457 e. The van der Waals surface area contributed by atoms with E-state index in [1.165, 1.54) is 55.3 Å². The average Bonchev–Trinajstić information content (AvgIpc) is 3.85. The third-order valence-corrected chi connectivity index (χ3v) is 14.5. The molecule has 2 aliphatic rings. The summed E-state index contributed by atoms with van der Waals surface area (Å²) in [6.45, 7) is 15.3. The lowest BCUT2D eigenvalue weighted by molar-refractivity contribution is 0.487. The van der Waals surface area contributed by atoms with Crippen LogP contribution in [0.5, 0.6) is 11.5 Å². The predicted molar refractivity (Wildman–Crippen MR) is 293 cm³/mol. The van der Waals surface area contributed by atoms with Crippen LogP contribution in [0.25, 0.3) is 66.1 Å². The monoisotopic (exact) mass is 889 g/mol. The van der Waals surface area contributed by atoms with E-state index in [1.807, 2.05) is 13.0 Å². The number of hydrogen-bond donors (Lipinski definition) is 0. The molecule has 0 spiro atoms. The molecule has 9 aromatic carbocycles. The van der Waals surface area contributed by atoms with Crippen molar-refractivity contribution in [2.24, 2.45) is 0 Å². The Balaban J connectivity index is 1.01. The lowest BCUT2D eigenvalue weighted by atomic mass is 9.37. The van der Waals surface area contributed by atoms with Crippen LogP contribution in [0.2, 0.25) is 6.32 Å². The van der Waals surface area contributed by atoms with Gasteiger partial charge in [0, 0.05) is 50.1 Å². The average molecular weight is 890 g/mol. The van der Waals surface area contributed by atoms with Gasteiger partial charge in [0.2, 0.25) is 6.71 Å². The van der Waals surface area contributed by atoms with Crippen molar-refractivity contribution < 1.29 is 9.15 Å². The van der Waals surface area contributed by atoms with Crippen LogP contribution in [0.1, 0.15) is 45.7 Å². The minimum absolute atomic E-state index is 0.000421. The lowest BCUT2D eigenvalue weighted by Crippen LogP contribution is -2.43. The lowest BCUT2D eigenvalue weighted by Gasteiger charge is -2.31. The van der Waals surface area contributed by atoms with E-state index < -0.39 is 0 Å². The summed E-state index contributed by atoms with van der Waals surface area (Å²) in [5, 5.41) is 4.58. The van der Waals surface area contributed by atoms with Crippen LogP contribution >= 0.6 is 0 Å². The Morgan fingerprint density at radius 3 is 2.06 bits per heavy atom. The summed E-state index contributed by atoms with van der Waals surface area (Å²) in [4.78, 5) is 2.41. The molecule has 0 bridgehead atoms. The van der Waals surface area contributed by atoms with E-state index >= 15 is 0 Å². The molecule has 4 heteroatoms. The van der Waals surface area contributed by atoms with Gasteiger partial charge in [-0.2, -0.15) is 0 Å². The van der Waals surface area contributed by atoms with Gasteiger partial charge in [-0.15, -0.1) is 0 Å². The normalized spacial score (nSPS) is 13.5. The van der Waals surface area contributed by atoms with E-state index in [9.17, 15) is 0 Å². The van der Waals surface area contributed by atoms with E-state index in [0.29, 0.717) is 0 Å². The highest BCUT2D eigenvalue weighted by Crippen LogP contribution is 2.53. The first-order chi connectivity index (χ1) is 33.6. The highest BCUT2D eigenvalue weighted by Gasteiger charge is 2.36. The molecule has 2 heterocycles. The maximum Gasteiger partial charge on any atom is 0.219 e. The number of ether oxygens (including phenoxy) is 1. The van der Waals surface area contributed by atoms with Crippen molar-refractivity contribution in [1.82, 2.24) is 0 Å². The molecule has 1 aliphatic carbocycles. The number of rotatable bonds is 10. The SMILES string of the molecule is C=C(C)/C=C(C)\C=C(\C)CB(c1ccc2c3c(cccc13)Oc1cc(N(c3ccc4c(c3)C(C)(C)c3ccccc3-4)c3ccccc3-c3ccccc3)ccc1-2)c1cccc2c1oc1ccccc12. The summed E-state index contributed by atoms with van der Waals surface area (Å²) in [5.74, 6) is 1.69. The molecule has 0 unspecified atom stereocenters. The zero-order valence-electron chi connectivity index (χ0n) is 39.8. The van der Waals surface area contributed by atoms with Gasteiger partial charge in [-0.3, -0.25) is 0 Å². The maximum absolute atomic E-state index is 7.13. The van der Waals surface area contributed by atoms with Gasteiger partial charge in [-0.05, 0) is 114 Å². The van der Waals surface area contributed by atoms with Crippen molar-refractivity contribution in [2.75, 3.05) is 4.90 Å². The van der Waals surface area contributed by atoms with E-state index in [0.717, 1.165) is 84.5 Å². The quantitative estimate of drug-likeness (QED) is 0.101. The molecule has 0 amide bonds. The molecule has 1 aromatic heterocycles. The molecule has 1 aliphatic heterocycles. The molecule has 0 radical (unpaired) electrons. The first-order valence-corrected chi connectivity index (χ1v) is 24.1. The minimum atomic E-state index is -0.153. The van der Waals surface area contributed by atoms with E-state index in [2.05, 4.69) is 233 Å². The Hall–Kier alpha value is -8.08. The molecule has 0 saturated carbocycles. The van der Waals surface area contributed by atoms with Gasteiger partial charge in [0.25, 0.3) is 0 Å². The summed E-state index contributed by atoms with van der Waals surface area (Å²) < 4.78 is 13.9. The molecule has 3 nitrogen and oxygen atoms in total. The topological polar surface area (TPSA) is 25.6 Å². The van der Waals surface area contributed by atoms with Gasteiger partial charge in [0.05, 0.1) is 5.69 Å². The number of fused-ring (bicyclic) bond motifs is 8. The summed E-state index contributed by atoms with van der Waals surface area (Å²) in [5.41, 5.74) is 20.7. The van der Waals surface area contributed by atoms with Crippen LogP contribution in [0.15, 0.2) is 228 Å². The summed E-state index contributed by atoms with van der Waals surface area (Å²) in [6.07, 6.45) is 5.25. The van der Waals surface area contributed by atoms with Gasteiger partial charge in [0.1, 0.15) is 22.7 Å². The fourth-order valence-electron chi connectivity index (χ4n) is 11.5. The highest BCUT2D eigenvalue weighted by molar-refractivity contribution is 6.89. The third kappa shape index (κ3) is 7.13. The number of anilines is 3. The van der Waals surface area contributed by atoms with Crippen LogP contribution in [0.4, 0.5) is 17.1 Å². The van der Waals surface area contributed by atoms with Crippen LogP contribution in [0.3, 0.4) is 0 Å². The zero-order chi connectivity index (χ0) is 47.0. The summed E-state index contributed by atoms with van der Waals surface area (Å²) >= 11 is 0. The predicted octanol–water partition coefficient (Wildman–Crippen LogP) is 17.0. The van der Waals surface area contributed by atoms with E-state index in [4.69, 9.17) is 9.15 Å². The second-order valence-electron chi connectivity index (χ2n) is 19.6. The van der Waals surface area contributed by atoms with Gasteiger partial charge in [-0.1, -0.05) is 194 Å². The Labute approximate surface area is 405 Å². The molecule has 332 valence electrons. The Morgan fingerprint density at radius 1 is 0.551 bits per heavy atom. The number of nitrogens with zero attached hydrogens (tertiary/aromatic N) is 1. The number of para-hydroxylation sites is 3. The number of allylic oxidation sites excluding steroid dienone is 5. The summed E-state index contributed by atoms with van der Waals surface area (Å²) in [6, 6.07) is 68.3. The van der Waals surface area contributed by atoms with Gasteiger partial charge in [0.15, 0.2) is 0 Å². The third-order valence-electron chi connectivity index (χ3n) is 14.5. The van der Waals surface area contributed by atoms with Crippen LogP contribution in [-0.4, -0.2) is 6.71 Å². The van der Waals surface area contributed by atoms with Gasteiger partial charge >= 0.3 is 0 Å². The number of hydrogen-bond acceptors (Lipinski definition) is 3. The smallest absolute Gasteiger partial charge is 0.219 e. The molecule has 0 atom stereocenters. The second-order valence-corrected chi connectivity index (χ2v) is 19.6. The molecule has 0 saturated heterocycles. The van der Waals surface area contributed by atoms with Crippen molar-refractivity contribution >= 4 is 67.4 Å². The number of benzene rings is 9. The van der Waals surface area contributed by atoms with Gasteiger partial charge in [-0.25, -0.2) is 0 Å². The molecule has 69 heavy (non-hydrogen) atoms. The van der Waals surface area contributed by atoms with Crippen LogP contribution in [-0.2, 0) is 5.41 Å². The first-order valence-electron chi connectivity index (χ1n) is 24.1. The maximum atomic E-state index is 7.13. The standard InChI is InChI=1S/C65H52BNO2/c1-41(2)36-42(3)37-43(4)40-66(58-26-16-23-53-50-22-12-15-28-60(50)69-64(53)58)57-35-34-52-51-33-31-46(39-62(51)68-61-29-17-24-54(57)63(52)61)67(59-27-14-11-20-47(59)44-18-8-7-9-19-44)45-30-32-49-48-21-10-13-25-55(48)65(5,6)56(49)38-45/h7-39H,1,40H2,2-6H3/b42-36-,43-37-. The van der Waals surface area contributed by atoms with Crippen molar-refractivity contribution in [1.29, 1.82) is 0 Å². The molecule has 0 fully saturated rings. The number of furan rings is 1. The Morgan fingerprint density at radius 2 is 1.22 bits per heavy atom. The Kier molecular flexibility index (Phi) is 10.2. The fraction of sp³-hybridized carbons (Fsp3) is 0.108. The molecular weight excluding hydrogens is 838 g/mol. The molecular formula is C65H52BNO2. The van der Waals surface area contributed by atoms with Crippen molar-refractivity contribution in [3.05, 3.63) is 235 Å².